The SMILES string of the molecule is CC[C@@H](C)C(=O)Nc1nc2c(s1)C(=O)C[C@@H](C(=O)NCc1ccc(Cl)cc1)C2. The molecule has 3 rings (SSSR count). The first-order valence-electron chi connectivity index (χ1n) is 9.23. The number of carbonyl (C=O) groups is 3. The average molecular weight is 420 g/mol. The smallest absolute Gasteiger partial charge is 0.228 e. The Morgan fingerprint density at radius 3 is 2.68 bits per heavy atom. The molecule has 0 bridgehead atoms. The molecule has 1 aliphatic carbocycles. The van der Waals surface area contributed by atoms with E-state index in [0.717, 1.165) is 12.0 Å². The number of amides is 2. The molecule has 2 atom stereocenters. The first kappa shape index (κ1) is 20.5. The summed E-state index contributed by atoms with van der Waals surface area (Å²) in [5.41, 5.74) is 1.52. The third-order valence-corrected chi connectivity index (χ3v) is 6.17. The lowest BCUT2D eigenvalue weighted by molar-refractivity contribution is -0.125. The second kappa shape index (κ2) is 8.84. The zero-order chi connectivity index (χ0) is 20.3. The maximum Gasteiger partial charge on any atom is 0.228 e. The fourth-order valence-corrected chi connectivity index (χ4v) is 3.99. The number of benzene rings is 1. The van der Waals surface area contributed by atoms with Gasteiger partial charge in [-0.1, -0.05) is 48.9 Å². The molecule has 0 saturated carbocycles. The van der Waals surface area contributed by atoms with E-state index >= 15 is 0 Å². The van der Waals surface area contributed by atoms with Crippen molar-refractivity contribution in [3.8, 4) is 0 Å². The fourth-order valence-electron chi connectivity index (χ4n) is 2.92. The van der Waals surface area contributed by atoms with E-state index in [2.05, 4.69) is 15.6 Å². The second-order valence-electron chi connectivity index (χ2n) is 6.97. The topological polar surface area (TPSA) is 88.2 Å². The molecule has 1 aromatic heterocycles. The number of thiazole rings is 1. The van der Waals surface area contributed by atoms with Gasteiger partial charge in [-0.05, 0) is 24.1 Å². The van der Waals surface area contributed by atoms with E-state index in [9.17, 15) is 14.4 Å². The molecule has 6 nitrogen and oxygen atoms in total. The van der Waals surface area contributed by atoms with Crippen molar-refractivity contribution in [2.75, 3.05) is 5.32 Å². The molecule has 148 valence electrons. The number of hydrogen-bond donors (Lipinski definition) is 2. The molecule has 0 saturated heterocycles. The van der Waals surface area contributed by atoms with Gasteiger partial charge >= 0.3 is 0 Å². The van der Waals surface area contributed by atoms with Gasteiger partial charge < -0.3 is 10.6 Å². The summed E-state index contributed by atoms with van der Waals surface area (Å²) in [7, 11) is 0. The number of rotatable bonds is 6. The van der Waals surface area contributed by atoms with E-state index in [1.165, 1.54) is 11.3 Å². The lowest BCUT2D eigenvalue weighted by Crippen LogP contribution is -2.35. The van der Waals surface area contributed by atoms with Crippen LogP contribution < -0.4 is 10.6 Å². The van der Waals surface area contributed by atoms with E-state index in [0.29, 0.717) is 33.7 Å². The zero-order valence-electron chi connectivity index (χ0n) is 15.8. The molecule has 2 amide bonds. The van der Waals surface area contributed by atoms with Gasteiger partial charge in [0.15, 0.2) is 10.9 Å². The molecule has 1 heterocycles. The van der Waals surface area contributed by atoms with Crippen LogP contribution in [0.1, 0.15) is 47.6 Å². The molecule has 0 aliphatic heterocycles. The van der Waals surface area contributed by atoms with Crippen molar-refractivity contribution in [1.29, 1.82) is 0 Å². The van der Waals surface area contributed by atoms with Gasteiger partial charge in [0.1, 0.15) is 0 Å². The van der Waals surface area contributed by atoms with Crippen LogP contribution >= 0.6 is 22.9 Å². The monoisotopic (exact) mass is 419 g/mol. The molecule has 1 aliphatic rings. The standard InChI is InChI=1S/C20H22ClN3O3S/c1-3-11(2)18(26)24-20-23-15-8-13(9-16(25)17(15)28-20)19(27)22-10-12-4-6-14(21)7-5-12/h4-7,11,13H,3,8-10H2,1-2H3,(H,22,27)(H,23,24,26)/t11-,13+/m1/s1. The Balaban J connectivity index is 1.63. The Hall–Kier alpha value is -2.25. The minimum absolute atomic E-state index is 0.102. The third-order valence-electron chi connectivity index (χ3n) is 4.86. The minimum Gasteiger partial charge on any atom is -0.352 e. The van der Waals surface area contributed by atoms with E-state index in [1.807, 2.05) is 26.0 Å². The summed E-state index contributed by atoms with van der Waals surface area (Å²) in [5.74, 6) is -0.963. The van der Waals surface area contributed by atoms with Crippen LogP contribution in [0.25, 0.3) is 0 Å². The van der Waals surface area contributed by atoms with Crippen LogP contribution in [0.4, 0.5) is 5.13 Å². The average Bonchev–Trinajstić information content (AvgIpc) is 3.09. The highest BCUT2D eigenvalue weighted by atomic mass is 35.5. The predicted octanol–water partition coefficient (Wildman–Crippen LogP) is 3.84. The van der Waals surface area contributed by atoms with Crippen LogP contribution in [-0.4, -0.2) is 22.6 Å². The summed E-state index contributed by atoms with van der Waals surface area (Å²) >= 11 is 7.05. The van der Waals surface area contributed by atoms with Crippen molar-refractivity contribution < 1.29 is 14.4 Å². The molecule has 2 N–H and O–H groups in total. The van der Waals surface area contributed by atoms with E-state index < -0.39 is 5.92 Å². The largest absolute Gasteiger partial charge is 0.352 e. The minimum atomic E-state index is -0.451. The van der Waals surface area contributed by atoms with Crippen LogP contribution in [0.15, 0.2) is 24.3 Å². The van der Waals surface area contributed by atoms with Crippen LogP contribution in [0.2, 0.25) is 5.02 Å². The van der Waals surface area contributed by atoms with Crippen LogP contribution in [0.3, 0.4) is 0 Å². The van der Waals surface area contributed by atoms with Gasteiger partial charge in [0, 0.05) is 30.3 Å². The van der Waals surface area contributed by atoms with E-state index in [-0.39, 0.29) is 29.9 Å². The van der Waals surface area contributed by atoms with Gasteiger partial charge in [0.05, 0.1) is 16.5 Å². The van der Waals surface area contributed by atoms with Crippen molar-refractivity contribution >= 4 is 45.7 Å². The number of ketones is 1. The lowest BCUT2D eigenvalue weighted by atomic mass is 9.89. The Labute approximate surface area is 172 Å². The van der Waals surface area contributed by atoms with Gasteiger partial charge in [-0.3, -0.25) is 14.4 Å². The third kappa shape index (κ3) is 4.77. The molecule has 1 aromatic carbocycles. The summed E-state index contributed by atoms with van der Waals surface area (Å²) < 4.78 is 0. The number of nitrogens with zero attached hydrogens (tertiary/aromatic N) is 1. The zero-order valence-corrected chi connectivity index (χ0v) is 17.3. The molecule has 28 heavy (non-hydrogen) atoms. The van der Waals surface area contributed by atoms with Crippen molar-refractivity contribution in [2.24, 2.45) is 11.8 Å². The Bertz CT molecular complexity index is 895. The van der Waals surface area contributed by atoms with Gasteiger partial charge in [-0.25, -0.2) is 4.98 Å². The molecule has 8 heteroatoms. The van der Waals surface area contributed by atoms with Crippen molar-refractivity contribution in [3.05, 3.63) is 45.4 Å². The molecule has 0 radical (unpaired) electrons. The predicted molar refractivity (Wildman–Crippen MR) is 110 cm³/mol. The molecule has 0 spiro atoms. The maximum absolute atomic E-state index is 12.5. The molecule has 0 unspecified atom stereocenters. The summed E-state index contributed by atoms with van der Waals surface area (Å²) in [6.45, 7) is 4.16. The van der Waals surface area contributed by atoms with Gasteiger partial charge in [0.2, 0.25) is 11.8 Å². The van der Waals surface area contributed by atoms with Crippen LogP contribution in [0.5, 0.6) is 0 Å². The number of carbonyl (C=O) groups excluding carboxylic acids is 3. The fraction of sp³-hybridized carbons (Fsp3) is 0.400. The molecule has 0 fully saturated rings. The number of hydrogen-bond acceptors (Lipinski definition) is 5. The quantitative estimate of drug-likeness (QED) is 0.744. The second-order valence-corrected chi connectivity index (χ2v) is 8.40. The highest BCUT2D eigenvalue weighted by Gasteiger charge is 2.33. The van der Waals surface area contributed by atoms with Crippen LogP contribution in [0, 0.1) is 11.8 Å². The number of fused-ring (bicyclic) bond motifs is 1. The molecular formula is C20H22ClN3O3S. The van der Waals surface area contributed by atoms with Gasteiger partial charge in [-0.15, -0.1) is 0 Å². The number of halogens is 1. The maximum atomic E-state index is 12.5. The number of aromatic nitrogens is 1. The van der Waals surface area contributed by atoms with Gasteiger partial charge in [-0.2, -0.15) is 0 Å². The number of anilines is 1. The number of nitrogens with one attached hydrogen (secondary N) is 2. The molecule has 2 aromatic rings. The van der Waals surface area contributed by atoms with Gasteiger partial charge in [0.25, 0.3) is 0 Å². The summed E-state index contributed by atoms with van der Waals surface area (Å²) in [4.78, 5) is 42.0. The first-order valence-corrected chi connectivity index (χ1v) is 10.4. The normalized spacial score (nSPS) is 17.0. The summed E-state index contributed by atoms with van der Waals surface area (Å²) in [5, 5.41) is 6.70. The lowest BCUT2D eigenvalue weighted by Gasteiger charge is -2.19. The van der Waals surface area contributed by atoms with Crippen molar-refractivity contribution in [3.63, 3.8) is 0 Å². The highest BCUT2D eigenvalue weighted by Crippen LogP contribution is 2.32. The summed E-state index contributed by atoms with van der Waals surface area (Å²) in [6, 6.07) is 7.23. The highest BCUT2D eigenvalue weighted by molar-refractivity contribution is 7.17. The Morgan fingerprint density at radius 1 is 1.29 bits per heavy atom. The molecular weight excluding hydrogens is 398 g/mol. The van der Waals surface area contributed by atoms with Crippen LogP contribution in [-0.2, 0) is 22.6 Å². The Morgan fingerprint density at radius 2 is 2.00 bits per heavy atom. The van der Waals surface area contributed by atoms with Crippen molar-refractivity contribution in [1.82, 2.24) is 10.3 Å². The number of Topliss-reactive ketones (excluding diaryl/α,β-unsaturated/α-hetero) is 1. The Kier molecular flexibility index (Phi) is 6.46. The van der Waals surface area contributed by atoms with E-state index in [4.69, 9.17) is 11.6 Å². The summed E-state index contributed by atoms with van der Waals surface area (Å²) in [6.07, 6.45) is 1.27. The van der Waals surface area contributed by atoms with E-state index in [1.54, 1.807) is 12.1 Å². The first-order chi connectivity index (χ1) is 13.4. The van der Waals surface area contributed by atoms with Crippen molar-refractivity contribution in [2.45, 2.75) is 39.7 Å².